The van der Waals surface area contributed by atoms with Crippen molar-refractivity contribution in [3.63, 3.8) is 0 Å². The van der Waals surface area contributed by atoms with Crippen molar-refractivity contribution in [3.05, 3.63) is 12.3 Å². The summed E-state index contributed by atoms with van der Waals surface area (Å²) in [5.74, 6) is -1.22. The highest BCUT2D eigenvalue weighted by Gasteiger charge is 2.64. The van der Waals surface area contributed by atoms with Gasteiger partial charge in [-0.15, -0.1) is 0 Å². The molecule has 0 aromatic carbocycles. The topological polar surface area (TPSA) is 154 Å². The number of ether oxygens (including phenoxy) is 1. The SMILES string of the molecule is C[C@@]1(O)[C@H](O)[C@@](CF)(COP(=O)(O)O)O[C@H]1N1C=CC(=O)CC1=O. The zero-order chi connectivity index (χ0) is 18.3. The number of phosphoric acid groups is 1. The molecule has 0 saturated carbocycles. The monoisotopic (exact) mass is 369 g/mol. The van der Waals surface area contributed by atoms with Crippen molar-refractivity contribution in [1.29, 1.82) is 0 Å². The van der Waals surface area contributed by atoms with E-state index in [0.717, 1.165) is 24.1 Å². The van der Waals surface area contributed by atoms with Crippen LogP contribution in [-0.4, -0.2) is 73.4 Å². The van der Waals surface area contributed by atoms with Gasteiger partial charge in [0.05, 0.1) is 13.0 Å². The van der Waals surface area contributed by atoms with Crippen LogP contribution >= 0.6 is 7.82 Å². The molecule has 136 valence electrons. The standard InChI is InChI=1S/C12H17FNO9P/c1-11(18)9(17)12(5-13,6-22-24(19,20)21)23-10(11)14-3-2-7(15)4-8(14)16/h2-3,9-10,17-18H,4-6H2,1H3,(H2,19,20,21)/t9-,10+,11+,12+/m0/s1. The first-order valence-electron chi connectivity index (χ1n) is 6.79. The fourth-order valence-electron chi connectivity index (χ4n) is 2.62. The van der Waals surface area contributed by atoms with Crippen LogP contribution in [0.2, 0.25) is 0 Å². The van der Waals surface area contributed by atoms with Crippen molar-refractivity contribution >= 4 is 19.5 Å². The summed E-state index contributed by atoms with van der Waals surface area (Å²) in [5.41, 5.74) is -4.49. The number of hydrogen-bond acceptors (Lipinski definition) is 7. The highest BCUT2D eigenvalue weighted by atomic mass is 31.2. The summed E-state index contributed by atoms with van der Waals surface area (Å²) in [7, 11) is -4.99. The maximum absolute atomic E-state index is 13.5. The Bertz CT molecular complexity index is 618. The number of rotatable bonds is 5. The van der Waals surface area contributed by atoms with Gasteiger partial charge in [-0.05, 0) is 13.0 Å². The van der Waals surface area contributed by atoms with Crippen LogP contribution in [-0.2, 0) is 23.4 Å². The molecule has 0 unspecified atom stereocenters. The van der Waals surface area contributed by atoms with Crippen molar-refractivity contribution < 1.29 is 47.8 Å². The summed E-state index contributed by atoms with van der Waals surface area (Å²) >= 11 is 0. The summed E-state index contributed by atoms with van der Waals surface area (Å²) in [6.07, 6.45) is -1.97. The molecule has 2 rings (SSSR count). The number of ketones is 1. The lowest BCUT2D eigenvalue weighted by atomic mass is 9.88. The number of amides is 1. The van der Waals surface area contributed by atoms with Crippen LogP contribution in [0.4, 0.5) is 4.39 Å². The summed E-state index contributed by atoms with van der Waals surface area (Å²) < 4.78 is 33.8. The zero-order valence-corrected chi connectivity index (χ0v) is 13.4. The van der Waals surface area contributed by atoms with Gasteiger partial charge in [-0.3, -0.25) is 19.0 Å². The molecule has 0 spiro atoms. The van der Waals surface area contributed by atoms with Crippen molar-refractivity contribution in [2.75, 3.05) is 13.3 Å². The molecule has 1 fully saturated rings. The quantitative estimate of drug-likeness (QED) is 0.338. The molecule has 4 N–H and O–H groups in total. The molecule has 24 heavy (non-hydrogen) atoms. The second-order valence-electron chi connectivity index (χ2n) is 5.82. The molecule has 1 saturated heterocycles. The van der Waals surface area contributed by atoms with Gasteiger partial charge in [0.1, 0.15) is 18.4 Å². The largest absolute Gasteiger partial charge is 0.469 e. The number of aliphatic hydroxyl groups excluding tert-OH is 1. The average molecular weight is 369 g/mol. The Labute approximate surface area is 135 Å². The van der Waals surface area contributed by atoms with E-state index in [1.165, 1.54) is 0 Å². The summed E-state index contributed by atoms with van der Waals surface area (Å²) in [6.45, 7) is -1.45. The van der Waals surface area contributed by atoms with Gasteiger partial charge < -0.3 is 24.7 Å². The Kier molecular flexibility index (Phi) is 4.99. The van der Waals surface area contributed by atoms with E-state index in [4.69, 9.17) is 14.5 Å². The summed E-state index contributed by atoms with van der Waals surface area (Å²) in [4.78, 5) is 41.4. The Morgan fingerprint density at radius 3 is 2.62 bits per heavy atom. The molecular weight excluding hydrogens is 352 g/mol. The number of halogens is 1. The molecule has 0 aliphatic carbocycles. The molecule has 0 bridgehead atoms. The van der Waals surface area contributed by atoms with E-state index in [-0.39, 0.29) is 0 Å². The number of allylic oxidation sites excluding steroid dienone is 1. The highest BCUT2D eigenvalue weighted by Crippen LogP contribution is 2.45. The van der Waals surface area contributed by atoms with Gasteiger partial charge >= 0.3 is 7.82 Å². The number of carbonyl (C=O) groups excluding carboxylic acids is 2. The fourth-order valence-corrected chi connectivity index (χ4v) is 3.00. The van der Waals surface area contributed by atoms with Crippen LogP contribution in [0.1, 0.15) is 13.3 Å². The van der Waals surface area contributed by atoms with Crippen LogP contribution in [0, 0.1) is 0 Å². The molecule has 0 aromatic rings. The van der Waals surface area contributed by atoms with Gasteiger partial charge in [-0.2, -0.15) is 0 Å². The van der Waals surface area contributed by atoms with E-state index in [2.05, 4.69) is 4.52 Å². The molecule has 10 nitrogen and oxygen atoms in total. The van der Waals surface area contributed by atoms with Gasteiger partial charge in [-0.1, -0.05) is 0 Å². The average Bonchev–Trinajstić information content (AvgIpc) is 2.66. The molecule has 1 amide bonds. The number of aliphatic hydroxyl groups is 2. The number of carbonyl (C=O) groups is 2. The number of hydrogen-bond donors (Lipinski definition) is 4. The van der Waals surface area contributed by atoms with Crippen LogP contribution in [0.25, 0.3) is 0 Å². The normalized spacial score (nSPS) is 37.3. The summed E-state index contributed by atoms with van der Waals surface area (Å²) in [5, 5.41) is 20.7. The Morgan fingerprint density at radius 2 is 2.12 bits per heavy atom. The van der Waals surface area contributed by atoms with Crippen molar-refractivity contribution in [2.24, 2.45) is 0 Å². The Morgan fingerprint density at radius 1 is 1.50 bits per heavy atom. The van der Waals surface area contributed by atoms with Gasteiger partial charge in [-0.25, -0.2) is 8.96 Å². The first-order valence-corrected chi connectivity index (χ1v) is 8.32. The Balaban J connectivity index is 2.32. The summed E-state index contributed by atoms with van der Waals surface area (Å²) in [6, 6.07) is 0. The van der Waals surface area contributed by atoms with Crippen molar-refractivity contribution in [2.45, 2.75) is 36.9 Å². The maximum atomic E-state index is 13.5. The van der Waals surface area contributed by atoms with E-state index in [9.17, 15) is 28.8 Å². The molecule has 2 aliphatic rings. The lowest BCUT2D eigenvalue weighted by Crippen LogP contribution is -2.55. The highest BCUT2D eigenvalue weighted by molar-refractivity contribution is 7.46. The molecule has 0 aromatic heterocycles. The zero-order valence-electron chi connectivity index (χ0n) is 12.5. The van der Waals surface area contributed by atoms with E-state index >= 15 is 0 Å². The molecule has 12 heteroatoms. The van der Waals surface area contributed by atoms with Gasteiger partial charge in [0.25, 0.3) is 0 Å². The lowest BCUT2D eigenvalue weighted by molar-refractivity contribution is -0.169. The molecule has 2 heterocycles. The first-order chi connectivity index (χ1) is 10.9. The minimum absolute atomic E-state index is 0.476. The maximum Gasteiger partial charge on any atom is 0.469 e. The number of nitrogens with zero attached hydrogens (tertiary/aromatic N) is 1. The minimum atomic E-state index is -4.99. The smallest absolute Gasteiger partial charge is 0.387 e. The third kappa shape index (κ3) is 3.42. The number of alkyl halides is 1. The van der Waals surface area contributed by atoms with Gasteiger partial charge in [0, 0.05) is 6.20 Å². The Hall–Kier alpha value is -1.20. The van der Waals surface area contributed by atoms with Gasteiger partial charge in [0.15, 0.2) is 17.6 Å². The second kappa shape index (κ2) is 6.26. The van der Waals surface area contributed by atoms with E-state index < -0.39 is 62.7 Å². The van der Waals surface area contributed by atoms with Crippen LogP contribution in [0.3, 0.4) is 0 Å². The van der Waals surface area contributed by atoms with Crippen molar-refractivity contribution in [1.82, 2.24) is 4.90 Å². The van der Waals surface area contributed by atoms with Crippen molar-refractivity contribution in [3.8, 4) is 0 Å². The molecule has 4 atom stereocenters. The lowest BCUT2D eigenvalue weighted by Gasteiger charge is -2.34. The molecular formula is C12H17FNO9P. The molecule has 2 aliphatic heterocycles. The second-order valence-corrected chi connectivity index (χ2v) is 7.06. The van der Waals surface area contributed by atoms with Crippen LogP contribution < -0.4 is 0 Å². The van der Waals surface area contributed by atoms with Crippen LogP contribution in [0.5, 0.6) is 0 Å². The molecule has 0 radical (unpaired) electrons. The minimum Gasteiger partial charge on any atom is -0.387 e. The van der Waals surface area contributed by atoms with E-state index in [0.29, 0.717) is 0 Å². The number of phosphoric ester groups is 1. The first kappa shape index (κ1) is 19.1. The third-order valence-electron chi connectivity index (χ3n) is 3.89. The van der Waals surface area contributed by atoms with E-state index in [1.807, 2.05) is 0 Å². The van der Waals surface area contributed by atoms with E-state index in [1.54, 1.807) is 0 Å². The predicted octanol–water partition coefficient (Wildman–Crippen LogP) is -1.41. The van der Waals surface area contributed by atoms with Gasteiger partial charge in [0.2, 0.25) is 5.91 Å². The predicted molar refractivity (Wildman–Crippen MR) is 73.8 cm³/mol. The van der Waals surface area contributed by atoms with Crippen LogP contribution in [0.15, 0.2) is 12.3 Å². The fraction of sp³-hybridized carbons (Fsp3) is 0.667. The third-order valence-corrected chi connectivity index (χ3v) is 4.35.